The van der Waals surface area contributed by atoms with Crippen LogP contribution in [0.3, 0.4) is 0 Å². The first kappa shape index (κ1) is 25.2. The third-order valence-electron chi connectivity index (χ3n) is 6.85. The molecule has 0 aromatic rings. The molecule has 2 nitrogen and oxygen atoms in total. The molecule has 0 unspecified atom stereocenters. The maximum absolute atomic E-state index is 5.90. The number of hydrogen-bond donors (Lipinski definition) is 0. The fourth-order valence-electron chi connectivity index (χ4n) is 5.32. The second-order valence-electron chi connectivity index (χ2n) is 8.52. The Labute approximate surface area is 176 Å². The van der Waals surface area contributed by atoms with Gasteiger partial charge in [0.2, 0.25) is 0 Å². The Kier molecular flexibility index (Phi) is 13.0. The first-order valence-corrected chi connectivity index (χ1v) is 19.7. The zero-order chi connectivity index (χ0) is 19.5. The quantitative estimate of drug-likeness (QED) is 0.0813. The number of halogens is 1. The molecule has 0 N–H and O–H groups in total. The molecule has 0 aromatic carbocycles. The van der Waals surface area contributed by atoms with Crippen molar-refractivity contribution < 1.29 is 9.47 Å². The van der Waals surface area contributed by atoms with Crippen molar-refractivity contribution in [3.63, 3.8) is 0 Å². The van der Waals surface area contributed by atoms with Crippen molar-refractivity contribution >= 4 is 34.3 Å². The van der Waals surface area contributed by atoms with Gasteiger partial charge in [-0.05, 0) is 0 Å². The van der Waals surface area contributed by atoms with Crippen LogP contribution in [0.5, 0.6) is 0 Å². The Morgan fingerprint density at radius 2 is 1.35 bits per heavy atom. The van der Waals surface area contributed by atoms with Crippen LogP contribution in [0, 0.1) is 5.92 Å². The fourth-order valence-corrected chi connectivity index (χ4v) is 32.2. The van der Waals surface area contributed by atoms with E-state index in [1.54, 1.807) is 20.4 Å². The van der Waals surface area contributed by atoms with Crippen LogP contribution in [0.15, 0.2) is 0 Å². The predicted molar refractivity (Wildman–Crippen MR) is 121 cm³/mol. The first-order chi connectivity index (χ1) is 12.6. The van der Waals surface area contributed by atoms with Crippen molar-refractivity contribution in [3.8, 4) is 0 Å². The fraction of sp³-hybridized carbons (Fsp3) is 1.00. The van der Waals surface area contributed by atoms with Crippen LogP contribution < -0.4 is 0 Å². The van der Waals surface area contributed by atoms with Crippen molar-refractivity contribution in [3.05, 3.63) is 0 Å². The molecular weight excluding hydrogens is 495 g/mol. The van der Waals surface area contributed by atoms with Gasteiger partial charge >= 0.3 is 177 Å². The molecule has 1 fully saturated rings. The summed E-state index contributed by atoms with van der Waals surface area (Å²) in [6, 6.07) is 0. The van der Waals surface area contributed by atoms with Crippen molar-refractivity contribution in [1.82, 2.24) is 0 Å². The van der Waals surface area contributed by atoms with E-state index in [9.17, 15) is 0 Å². The van der Waals surface area contributed by atoms with Crippen molar-refractivity contribution in [2.45, 2.75) is 107 Å². The van der Waals surface area contributed by atoms with Crippen LogP contribution in [-0.2, 0) is 9.47 Å². The van der Waals surface area contributed by atoms with Crippen LogP contribution in [0.25, 0.3) is 0 Å². The van der Waals surface area contributed by atoms with E-state index in [2.05, 4.69) is 43.6 Å². The molecule has 1 aliphatic carbocycles. The van der Waals surface area contributed by atoms with Gasteiger partial charge in [-0.15, -0.1) is 0 Å². The van der Waals surface area contributed by atoms with E-state index in [4.69, 9.17) is 9.47 Å². The van der Waals surface area contributed by atoms with E-state index in [1.165, 1.54) is 57.8 Å². The van der Waals surface area contributed by atoms with Crippen molar-refractivity contribution in [2.75, 3.05) is 20.5 Å². The topological polar surface area (TPSA) is 18.5 Å². The summed E-state index contributed by atoms with van der Waals surface area (Å²) in [4.78, 5) is 0.708. The van der Waals surface area contributed by atoms with Crippen molar-refractivity contribution in [1.29, 1.82) is 0 Å². The van der Waals surface area contributed by atoms with E-state index in [1.807, 2.05) is 0 Å². The van der Waals surface area contributed by atoms with Gasteiger partial charge < -0.3 is 0 Å². The minimum atomic E-state index is -2.31. The molecule has 0 aliphatic heterocycles. The molecule has 4 heteroatoms. The second kappa shape index (κ2) is 13.4. The summed E-state index contributed by atoms with van der Waals surface area (Å²) in [7, 11) is 1.73. The number of alkyl halides is 1. The molecule has 0 aromatic heterocycles. The normalized spacial score (nSPS) is 25.6. The molecule has 156 valence electrons. The predicted octanol–water partition coefficient (Wildman–Crippen LogP) is 7.78. The maximum atomic E-state index is 5.90. The summed E-state index contributed by atoms with van der Waals surface area (Å²) in [6.45, 7) is 10.8. The molecule has 0 saturated heterocycles. The summed E-state index contributed by atoms with van der Waals surface area (Å²) < 4.78 is 16.5. The van der Waals surface area contributed by atoms with Crippen LogP contribution >= 0.6 is 15.9 Å². The average Bonchev–Trinajstić information content (AvgIpc) is 3.24. The molecule has 0 bridgehead atoms. The van der Waals surface area contributed by atoms with Gasteiger partial charge in [0, 0.05) is 0 Å². The Balaban J connectivity index is 3.12. The SMILES string of the molecule is CCCC[C@@]1([Sn]([CH2]CCC)([CH2]CCC)[CH2]CCC)[C@H](Br)[C@H]1COCOC. The van der Waals surface area contributed by atoms with Crippen LogP contribution in [-0.4, -0.2) is 43.7 Å². The van der Waals surface area contributed by atoms with Gasteiger partial charge in [0.25, 0.3) is 0 Å². The second-order valence-corrected chi connectivity index (χ2v) is 23.8. The summed E-state index contributed by atoms with van der Waals surface area (Å²) in [6.07, 6.45) is 12.6. The molecule has 1 saturated carbocycles. The molecule has 0 amide bonds. The van der Waals surface area contributed by atoms with Crippen LogP contribution in [0.4, 0.5) is 0 Å². The van der Waals surface area contributed by atoms with E-state index < -0.39 is 18.4 Å². The third-order valence-corrected chi connectivity index (χ3v) is 29.0. The summed E-state index contributed by atoms with van der Waals surface area (Å²) in [5.41, 5.74) is 0. The zero-order valence-electron chi connectivity index (χ0n) is 18.2. The summed E-state index contributed by atoms with van der Waals surface area (Å²) >= 11 is 1.88. The van der Waals surface area contributed by atoms with E-state index in [0.29, 0.717) is 15.1 Å². The van der Waals surface area contributed by atoms with Gasteiger partial charge in [0.1, 0.15) is 0 Å². The van der Waals surface area contributed by atoms with Gasteiger partial charge in [-0.2, -0.15) is 0 Å². The van der Waals surface area contributed by atoms with Crippen molar-refractivity contribution in [2.24, 2.45) is 5.92 Å². The Hall–Kier alpha value is 1.20. The van der Waals surface area contributed by atoms with Gasteiger partial charge in [0.15, 0.2) is 0 Å². The molecule has 0 heterocycles. The van der Waals surface area contributed by atoms with Gasteiger partial charge in [-0.3, -0.25) is 0 Å². The Morgan fingerprint density at radius 3 is 1.77 bits per heavy atom. The Morgan fingerprint density at radius 1 is 0.846 bits per heavy atom. The number of ether oxygens (including phenoxy) is 2. The summed E-state index contributed by atoms with van der Waals surface area (Å²) in [5.74, 6) is 0.741. The van der Waals surface area contributed by atoms with E-state index in [-0.39, 0.29) is 0 Å². The molecular formula is C22H45BrO2Sn. The van der Waals surface area contributed by atoms with Gasteiger partial charge in [-0.25, -0.2) is 0 Å². The molecule has 1 aliphatic rings. The van der Waals surface area contributed by atoms with Crippen LogP contribution in [0.2, 0.25) is 16.7 Å². The molecule has 0 radical (unpaired) electrons. The standard InChI is InChI=1S/C10H18BrO2.3C4H9.Sn/c1-3-4-5-8-9(10(8)11)6-13-7-12-2;3*1-3-4-2;/h9-10H,3-7H2,1-2H3;3*1,3-4H2,2H3;/t9-,10-;;;;/m0..../s1. The first-order valence-electron chi connectivity index (χ1n) is 11.3. The number of rotatable bonds is 17. The van der Waals surface area contributed by atoms with Gasteiger partial charge in [0.05, 0.1) is 0 Å². The third kappa shape index (κ3) is 6.10. The van der Waals surface area contributed by atoms with Gasteiger partial charge in [-0.1, -0.05) is 0 Å². The minimum absolute atomic E-state index is 0.446. The van der Waals surface area contributed by atoms with E-state index >= 15 is 0 Å². The molecule has 3 atom stereocenters. The molecule has 0 spiro atoms. The zero-order valence-corrected chi connectivity index (χ0v) is 22.7. The Bertz CT molecular complexity index is 344. The number of hydrogen-bond acceptors (Lipinski definition) is 2. The molecule has 1 rings (SSSR count). The molecule has 26 heavy (non-hydrogen) atoms. The number of methoxy groups -OCH3 is 1. The monoisotopic (exact) mass is 540 g/mol. The average molecular weight is 540 g/mol. The van der Waals surface area contributed by atoms with Crippen LogP contribution in [0.1, 0.15) is 85.5 Å². The van der Waals surface area contributed by atoms with E-state index in [0.717, 1.165) is 12.5 Å². The summed E-state index contributed by atoms with van der Waals surface area (Å²) in [5, 5.41) is 0. The number of unbranched alkanes of at least 4 members (excludes halogenated alkanes) is 4.